The van der Waals surface area contributed by atoms with E-state index < -0.39 is 10.0 Å². The van der Waals surface area contributed by atoms with Gasteiger partial charge in [-0.15, -0.1) is 0 Å². The van der Waals surface area contributed by atoms with E-state index in [1.165, 1.54) is 18.2 Å². The second-order valence-electron chi connectivity index (χ2n) is 5.52. The zero-order valence-electron chi connectivity index (χ0n) is 13.4. The van der Waals surface area contributed by atoms with Crippen LogP contribution in [-0.4, -0.2) is 45.0 Å². The van der Waals surface area contributed by atoms with Gasteiger partial charge >= 0.3 is 12.0 Å². The van der Waals surface area contributed by atoms with Gasteiger partial charge in [0.2, 0.25) is 10.0 Å². The molecule has 1 fully saturated rings. The Morgan fingerprint density at radius 2 is 2.00 bits per heavy atom. The van der Waals surface area contributed by atoms with Crippen molar-refractivity contribution >= 4 is 27.7 Å². The van der Waals surface area contributed by atoms with Crippen molar-refractivity contribution < 1.29 is 22.7 Å². The fourth-order valence-electron chi connectivity index (χ4n) is 2.53. The maximum absolute atomic E-state index is 12.2. The number of hydrogen-bond donors (Lipinski definition) is 2. The largest absolute Gasteiger partial charge is 0.466 e. The summed E-state index contributed by atoms with van der Waals surface area (Å²) in [6.07, 6.45) is 1.09. The molecular weight excluding hydrogens is 334 g/mol. The SMILES string of the molecule is CCOC(=O)C1CCN(C(=O)Nc2cccc(S(N)(=O)=O)c2)CC1. The molecule has 0 spiro atoms. The van der Waals surface area contributed by atoms with Gasteiger partial charge in [-0.2, -0.15) is 0 Å². The van der Waals surface area contributed by atoms with Crippen molar-refractivity contribution in [3.8, 4) is 0 Å². The van der Waals surface area contributed by atoms with Crippen molar-refractivity contribution in [1.29, 1.82) is 0 Å². The van der Waals surface area contributed by atoms with Crippen LogP contribution in [0.4, 0.5) is 10.5 Å². The summed E-state index contributed by atoms with van der Waals surface area (Å²) in [6, 6.07) is 5.40. The van der Waals surface area contributed by atoms with Gasteiger partial charge in [0, 0.05) is 18.8 Å². The predicted octanol–water partition coefficient (Wildman–Crippen LogP) is 1.14. The van der Waals surface area contributed by atoms with Crippen LogP contribution in [0.5, 0.6) is 0 Å². The lowest BCUT2D eigenvalue weighted by molar-refractivity contribution is -0.149. The third kappa shape index (κ3) is 4.68. The van der Waals surface area contributed by atoms with Gasteiger partial charge in [-0.3, -0.25) is 4.79 Å². The highest BCUT2D eigenvalue weighted by atomic mass is 32.2. The van der Waals surface area contributed by atoms with Gasteiger partial charge in [-0.25, -0.2) is 18.4 Å². The Morgan fingerprint density at radius 1 is 1.33 bits per heavy atom. The molecule has 2 rings (SSSR count). The number of carbonyl (C=O) groups is 2. The Balaban J connectivity index is 1.94. The lowest BCUT2D eigenvalue weighted by Crippen LogP contribution is -2.42. The molecule has 8 nitrogen and oxygen atoms in total. The van der Waals surface area contributed by atoms with Crippen LogP contribution in [0.3, 0.4) is 0 Å². The van der Waals surface area contributed by atoms with Crippen molar-refractivity contribution in [2.24, 2.45) is 11.1 Å². The number of likely N-dealkylation sites (tertiary alicyclic amines) is 1. The number of ether oxygens (including phenoxy) is 1. The Labute approximate surface area is 141 Å². The molecular formula is C15H21N3O5S. The summed E-state index contributed by atoms with van der Waals surface area (Å²) < 4.78 is 27.7. The van der Waals surface area contributed by atoms with E-state index in [4.69, 9.17) is 9.88 Å². The molecule has 132 valence electrons. The van der Waals surface area contributed by atoms with E-state index in [0.29, 0.717) is 38.2 Å². The number of carbonyl (C=O) groups excluding carboxylic acids is 2. The molecule has 2 amide bonds. The monoisotopic (exact) mass is 355 g/mol. The van der Waals surface area contributed by atoms with E-state index in [2.05, 4.69) is 5.32 Å². The van der Waals surface area contributed by atoms with Crippen LogP contribution < -0.4 is 10.5 Å². The number of piperidine rings is 1. The van der Waals surface area contributed by atoms with Gasteiger partial charge < -0.3 is 15.0 Å². The first-order valence-corrected chi connectivity index (χ1v) is 9.21. The van der Waals surface area contributed by atoms with Crippen LogP contribution in [-0.2, 0) is 19.6 Å². The van der Waals surface area contributed by atoms with E-state index >= 15 is 0 Å². The number of rotatable bonds is 4. The lowest BCUT2D eigenvalue weighted by atomic mass is 9.97. The molecule has 3 N–H and O–H groups in total. The average Bonchev–Trinajstić information content (AvgIpc) is 2.54. The number of nitrogens with two attached hydrogens (primary N) is 1. The third-order valence-corrected chi connectivity index (χ3v) is 4.73. The van der Waals surface area contributed by atoms with Crippen LogP contribution in [0.15, 0.2) is 29.2 Å². The van der Waals surface area contributed by atoms with Crippen LogP contribution in [0.1, 0.15) is 19.8 Å². The summed E-state index contributed by atoms with van der Waals surface area (Å²) in [4.78, 5) is 25.5. The minimum absolute atomic E-state index is 0.0682. The molecule has 0 saturated carbocycles. The molecule has 1 saturated heterocycles. The summed E-state index contributed by atoms with van der Waals surface area (Å²) in [5.74, 6) is -0.405. The first-order chi connectivity index (χ1) is 11.3. The summed E-state index contributed by atoms with van der Waals surface area (Å²) in [5, 5.41) is 7.72. The fourth-order valence-corrected chi connectivity index (χ4v) is 3.09. The minimum Gasteiger partial charge on any atom is -0.466 e. The van der Waals surface area contributed by atoms with Gasteiger partial charge in [0.15, 0.2) is 0 Å². The number of esters is 1. The van der Waals surface area contributed by atoms with Crippen LogP contribution in [0.2, 0.25) is 0 Å². The lowest BCUT2D eigenvalue weighted by Gasteiger charge is -2.30. The molecule has 0 aliphatic carbocycles. The minimum atomic E-state index is -3.82. The number of sulfonamides is 1. The van der Waals surface area contributed by atoms with Gasteiger partial charge in [-0.05, 0) is 38.0 Å². The molecule has 0 bridgehead atoms. The summed E-state index contributed by atoms with van der Waals surface area (Å²) in [5.41, 5.74) is 0.346. The zero-order chi connectivity index (χ0) is 17.7. The molecule has 1 heterocycles. The molecule has 1 aliphatic rings. The highest BCUT2D eigenvalue weighted by Gasteiger charge is 2.28. The first-order valence-electron chi connectivity index (χ1n) is 7.66. The number of urea groups is 1. The van der Waals surface area contributed by atoms with Crippen LogP contribution in [0.25, 0.3) is 0 Å². The zero-order valence-corrected chi connectivity index (χ0v) is 14.2. The molecule has 0 aromatic heterocycles. The second kappa shape index (κ2) is 7.63. The third-order valence-electron chi connectivity index (χ3n) is 3.82. The van der Waals surface area contributed by atoms with Crippen molar-refractivity contribution in [2.75, 3.05) is 25.0 Å². The summed E-state index contributed by atoms with van der Waals surface area (Å²) in [7, 11) is -3.82. The highest BCUT2D eigenvalue weighted by molar-refractivity contribution is 7.89. The summed E-state index contributed by atoms with van der Waals surface area (Å²) >= 11 is 0. The van der Waals surface area contributed by atoms with Gasteiger partial charge in [-0.1, -0.05) is 6.07 Å². The summed E-state index contributed by atoms with van der Waals surface area (Å²) in [6.45, 7) is 2.98. The smallest absolute Gasteiger partial charge is 0.321 e. The van der Waals surface area contributed by atoms with Crippen molar-refractivity contribution in [2.45, 2.75) is 24.7 Å². The molecule has 24 heavy (non-hydrogen) atoms. The van der Waals surface area contributed by atoms with Crippen molar-refractivity contribution in [3.05, 3.63) is 24.3 Å². The Morgan fingerprint density at radius 3 is 2.58 bits per heavy atom. The van der Waals surface area contributed by atoms with E-state index in [0.717, 1.165) is 0 Å². The first kappa shape index (κ1) is 18.2. The standard InChI is InChI=1S/C15H21N3O5S/c1-2-23-14(19)11-6-8-18(9-7-11)15(20)17-12-4-3-5-13(10-12)24(16,21)22/h3-5,10-11H,2,6-9H2,1H3,(H,17,20)(H2,16,21,22). The average molecular weight is 355 g/mol. The van der Waals surface area contributed by atoms with E-state index in [9.17, 15) is 18.0 Å². The Kier molecular flexibility index (Phi) is 5.79. The number of primary sulfonamides is 1. The quantitative estimate of drug-likeness (QED) is 0.785. The van der Waals surface area contributed by atoms with E-state index in [1.807, 2.05) is 0 Å². The van der Waals surface area contributed by atoms with Crippen LogP contribution >= 0.6 is 0 Å². The van der Waals surface area contributed by atoms with E-state index in [1.54, 1.807) is 17.9 Å². The van der Waals surface area contributed by atoms with Gasteiger partial charge in [0.25, 0.3) is 0 Å². The normalized spacial score (nSPS) is 15.8. The molecule has 0 radical (unpaired) electrons. The molecule has 1 aromatic rings. The predicted molar refractivity (Wildman–Crippen MR) is 87.8 cm³/mol. The maximum Gasteiger partial charge on any atom is 0.321 e. The number of hydrogen-bond acceptors (Lipinski definition) is 5. The van der Waals surface area contributed by atoms with Gasteiger partial charge in [0.1, 0.15) is 0 Å². The number of benzene rings is 1. The Bertz CT molecular complexity index is 712. The topological polar surface area (TPSA) is 119 Å². The molecule has 0 atom stereocenters. The number of amides is 2. The fraction of sp³-hybridized carbons (Fsp3) is 0.467. The van der Waals surface area contributed by atoms with Crippen molar-refractivity contribution in [1.82, 2.24) is 4.90 Å². The molecule has 1 aliphatic heterocycles. The van der Waals surface area contributed by atoms with Gasteiger partial charge in [0.05, 0.1) is 17.4 Å². The van der Waals surface area contributed by atoms with Crippen LogP contribution in [0, 0.1) is 5.92 Å². The number of nitrogens with zero attached hydrogens (tertiary/aromatic N) is 1. The highest BCUT2D eigenvalue weighted by Crippen LogP contribution is 2.20. The maximum atomic E-state index is 12.2. The molecule has 9 heteroatoms. The van der Waals surface area contributed by atoms with E-state index in [-0.39, 0.29) is 22.8 Å². The second-order valence-corrected chi connectivity index (χ2v) is 7.08. The molecule has 1 aromatic carbocycles. The Hall–Kier alpha value is -2.13. The number of anilines is 1. The number of nitrogens with one attached hydrogen (secondary N) is 1. The molecule has 0 unspecified atom stereocenters. The van der Waals surface area contributed by atoms with Crippen molar-refractivity contribution in [3.63, 3.8) is 0 Å².